The van der Waals surface area contributed by atoms with Gasteiger partial charge in [0.05, 0.1) is 13.7 Å². The van der Waals surface area contributed by atoms with Crippen molar-refractivity contribution in [1.82, 2.24) is 0 Å². The van der Waals surface area contributed by atoms with E-state index in [1.54, 1.807) is 25.3 Å². The Hall–Kier alpha value is -2.20. The summed E-state index contributed by atoms with van der Waals surface area (Å²) in [5, 5.41) is 9.67. The molecule has 0 unspecified atom stereocenters. The van der Waals surface area contributed by atoms with Crippen molar-refractivity contribution >= 4 is 0 Å². The molecule has 0 saturated heterocycles. The highest BCUT2D eigenvalue weighted by atomic mass is 16.7. The minimum atomic E-state index is 0.126. The molecule has 0 heterocycles. The van der Waals surface area contributed by atoms with Crippen molar-refractivity contribution in [2.45, 2.75) is 6.61 Å². The molecule has 2 aromatic rings. The number of aromatic hydroxyl groups is 1. The van der Waals surface area contributed by atoms with Crippen LogP contribution in [-0.2, 0) is 11.3 Å². The van der Waals surface area contributed by atoms with Crippen LogP contribution >= 0.6 is 0 Å². The van der Waals surface area contributed by atoms with E-state index in [0.717, 1.165) is 5.75 Å². The number of methoxy groups -OCH3 is 1. The molecular weight excluding hydrogens is 244 g/mol. The predicted molar refractivity (Wildman–Crippen MR) is 71.4 cm³/mol. The average Bonchev–Trinajstić information content (AvgIpc) is 2.46. The van der Waals surface area contributed by atoms with E-state index >= 15 is 0 Å². The summed E-state index contributed by atoms with van der Waals surface area (Å²) in [6.45, 7) is 0.385. The lowest BCUT2D eigenvalue weighted by molar-refractivity contribution is 0.00433. The van der Waals surface area contributed by atoms with E-state index in [1.807, 2.05) is 30.3 Å². The maximum Gasteiger partial charge on any atom is 0.189 e. The molecular formula is C15H16O4. The Balaban J connectivity index is 1.82. The second kappa shape index (κ2) is 6.66. The maximum atomic E-state index is 9.67. The SMILES string of the molecule is COc1ccc(O)c(COCOc2ccccc2)c1. The summed E-state index contributed by atoms with van der Waals surface area (Å²) in [6.07, 6.45) is 0. The third kappa shape index (κ3) is 3.89. The van der Waals surface area contributed by atoms with Crippen molar-refractivity contribution in [3.63, 3.8) is 0 Å². The summed E-state index contributed by atoms with van der Waals surface area (Å²) < 4.78 is 15.8. The first kappa shape index (κ1) is 13.2. The van der Waals surface area contributed by atoms with Crippen molar-refractivity contribution in [1.29, 1.82) is 0 Å². The van der Waals surface area contributed by atoms with Crippen LogP contribution in [0.1, 0.15) is 5.56 Å². The van der Waals surface area contributed by atoms with Gasteiger partial charge in [0, 0.05) is 5.56 Å². The molecule has 0 aromatic heterocycles. The van der Waals surface area contributed by atoms with Crippen LogP contribution in [0.25, 0.3) is 0 Å². The molecule has 0 amide bonds. The van der Waals surface area contributed by atoms with E-state index < -0.39 is 0 Å². The van der Waals surface area contributed by atoms with Crippen LogP contribution in [0.15, 0.2) is 48.5 Å². The Morgan fingerprint density at radius 2 is 1.79 bits per heavy atom. The highest BCUT2D eigenvalue weighted by Gasteiger charge is 2.03. The molecule has 0 aliphatic heterocycles. The average molecular weight is 260 g/mol. The highest BCUT2D eigenvalue weighted by Crippen LogP contribution is 2.23. The van der Waals surface area contributed by atoms with Gasteiger partial charge in [-0.2, -0.15) is 0 Å². The van der Waals surface area contributed by atoms with E-state index in [2.05, 4.69) is 0 Å². The van der Waals surface area contributed by atoms with Crippen LogP contribution in [0.4, 0.5) is 0 Å². The highest BCUT2D eigenvalue weighted by molar-refractivity contribution is 5.38. The van der Waals surface area contributed by atoms with Gasteiger partial charge in [-0.3, -0.25) is 0 Å². The Morgan fingerprint density at radius 3 is 2.53 bits per heavy atom. The molecule has 0 fully saturated rings. The molecule has 0 aliphatic carbocycles. The van der Waals surface area contributed by atoms with Gasteiger partial charge in [0.2, 0.25) is 0 Å². The van der Waals surface area contributed by atoms with E-state index in [-0.39, 0.29) is 19.1 Å². The summed E-state index contributed by atoms with van der Waals surface area (Å²) in [6, 6.07) is 14.4. The van der Waals surface area contributed by atoms with Crippen LogP contribution in [0.2, 0.25) is 0 Å². The monoisotopic (exact) mass is 260 g/mol. The molecule has 0 saturated carbocycles. The first-order valence-electron chi connectivity index (χ1n) is 5.91. The van der Waals surface area contributed by atoms with Gasteiger partial charge < -0.3 is 19.3 Å². The minimum absolute atomic E-state index is 0.126. The van der Waals surface area contributed by atoms with Gasteiger partial charge >= 0.3 is 0 Å². The number of benzene rings is 2. The largest absolute Gasteiger partial charge is 0.508 e. The maximum absolute atomic E-state index is 9.67. The molecule has 2 aromatic carbocycles. The molecule has 4 nitrogen and oxygen atoms in total. The number of hydrogen-bond acceptors (Lipinski definition) is 4. The van der Waals surface area contributed by atoms with Crippen LogP contribution in [0, 0.1) is 0 Å². The molecule has 0 bridgehead atoms. The lowest BCUT2D eigenvalue weighted by Crippen LogP contribution is -2.03. The van der Waals surface area contributed by atoms with Crippen molar-refractivity contribution in [2.24, 2.45) is 0 Å². The third-order valence-corrected chi connectivity index (χ3v) is 2.60. The summed E-state index contributed by atoms with van der Waals surface area (Å²) >= 11 is 0. The lowest BCUT2D eigenvalue weighted by atomic mass is 10.2. The third-order valence-electron chi connectivity index (χ3n) is 2.60. The topological polar surface area (TPSA) is 47.9 Å². The second-order valence-corrected chi connectivity index (χ2v) is 3.92. The van der Waals surface area contributed by atoms with Crippen molar-refractivity contribution in [3.8, 4) is 17.2 Å². The van der Waals surface area contributed by atoms with Crippen molar-refractivity contribution in [3.05, 3.63) is 54.1 Å². The molecule has 0 spiro atoms. The Morgan fingerprint density at radius 1 is 1.00 bits per heavy atom. The zero-order chi connectivity index (χ0) is 13.5. The number of rotatable bonds is 6. The van der Waals surface area contributed by atoms with Gasteiger partial charge in [0.1, 0.15) is 17.2 Å². The Labute approximate surface area is 112 Å². The molecule has 2 rings (SSSR count). The van der Waals surface area contributed by atoms with Crippen molar-refractivity contribution < 1.29 is 19.3 Å². The van der Waals surface area contributed by atoms with E-state index in [4.69, 9.17) is 14.2 Å². The van der Waals surface area contributed by atoms with Crippen LogP contribution < -0.4 is 9.47 Å². The minimum Gasteiger partial charge on any atom is -0.508 e. The zero-order valence-corrected chi connectivity index (χ0v) is 10.7. The number of ether oxygens (including phenoxy) is 3. The van der Waals surface area contributed by atoms with Crippen LogP contribution in [0.5, 0.6) is 17.2 Å². The van der Waals surface area contributed by atoms with Gasteiger partial charge in [-0.25, -0.2) is 0 Å². The fraction of sp³-hybridized carbons (Fsp3) is 0.200. The summed E-state index contributed by atoms with van der Waals surface area (Å²) in [4.78, 5) is 0. The smallest absolute Gasteiger partial charge is 0.189 e. The summed E-state index contributed by atoms with van der Waals surface area (Å²) in [5.74, 6) is 1.61. The predicted octanol–water partition coefficient (Wildman–Crippen LogP) is 2.95. The normalized spacial score (nSPS) is 10.2. The first-order chi connectivity index (χ1) is 9.29. The fourth-order valence-corrected chi connectivity index (χ4v) is 1.58. The quantitative estimate of drug-likeness (QED) is 0.640. The summed E-state index contributed by atoms with van der Waals surface area (Å²) in [5.41, 5.74) is 0.663. The van der Waals surface area contributed by atoms with Gasteiger partial charge in [-0.1, -0.05) is 18.2 Å². The lowest BCUT2D eigenvalue weighted by Gasteiger charge is -2.09. The molecule has 1 N–H and O–H groups in total. The van der Waals surface area contributed by atoms with Crippen molar-refractivity contribution in [2.75, 3.05) is 13.9 Å². The number of para-hydroxylation sites is 1. The molecule has 0 atom stereocenters. The first-order valence-corrected chi connectivity index (χ1v) is 5.91. The van der Waals surface area contributed by atoms with Gasteiger partial charge in [-0.05, 0) is 30.3 Å². The summed E-state index contributed by atoms with van der Waals surface area (Å²) in [7, 11) is 1.58. The Bertz CT molecular complexity index is 511. The molecule has 0 radical (unpaired) electrons. The molecule has 100 valence electrons. The zero-order valence-electron chi connectivity index (χ0n) is 10.7. The Kier molecular flexibility index (Phi) is 4.64. The van der Waals surface area contributed by atoms with Gasteiger partial charge in [0.25, 0.3) is 0 Å². The standard InChI is InChI=1S/C15H16O4/c1-17-14-7-8-15(16)12(9-14)10-18-11-19-13-5-3-2-4-6-13/h2-9,16H,10-11H2,1H3. The van der Waals surface area contributed by atoms with Crippen LogP contribution in [0.3, 0.4) is 0 Å². The second-order valence-electron chi connectivity index (χ2n) is 3.92. The number of hydrogen-bond donors (Lipinski definition) is 1. The molecule has 19 heavy (non-hydrogen) atoms. The number of phenols is 1. The van der Waals surface area contributed by atoms with Crippen LogP contribution in [-0.4, -0.2) is 19.0 Å². The van der Waals surface area contributed by atoms with E-state index in [0.29, 0.717) is 11.3 Å². The van der Waals surface area contributed by atoms with E-state index in [1.165, 1.54) is 0 Å². The molecule has 4 heteroatoms. The molecule has 0 aliphatic rings. The fourth-order valence-electron chi connectivity index (χ4n) is 1.58. The number of phenolic OH excluding ortho intramolecular Hbond substituents is 1. The van der Waals surface area contributed by atoms with Gasteiger partial charge in [-0.15, -0.1) is 0 Å². The van der Waals surface area contributed by atoms with Gasteiger partial charge in [0.15, 0.2) is 6.79 Å². The van der Waals surface area contributed by atoms with E-state index in [9.17, 15) is 5.11 Å².